The summed E-state index contributed by atoms with van der Waals surface area (Å²) in [6.07, 6.45) is 1.60. The Morgan fingerprint density at radius 1 is 1.64 bits per heavy atom. The van der Waals surface area contributed by atoms with Crippen LogP contribution < -0.4 is 0 Å². The molecule has 4 heteroatoms. The number of hydrogen-bond acceptors (Lipinski definition) is 3. The van der Waals surface area contributed by atoms with Gasteiger partial charge in [0.05, 0.1) is 0 Å². The molecule has 0 saturated heterocycles. The van der Waals surface area contributed by atoms with E-state index in [1.165, 1.54) is 0 Å². The van der Waals surface area contributed by atoms with E-state index in [1.807, 2.05) is 11.9 Å². The van der Waals surface area contributed by atoms with Crippen LogP contribution in [-0.2, 0) is 10.2 Å². The van der Waals surface area contributed by atoms with Crippen molar-refractivity contribution in [1.29, 1.82) is 5.26 Å². The first-order valence-corrected chi connectivity index (χ1v) is 6.63. The van der Waals surface area contributed by atoms with E-state index in [9.17, 15) is 4.79 Å². The van der Waals surface area contributed by atoms with E-state index in [0.29, 0.717) is 5.69 Å². The first-order chi connectivity index (χ1) is 6.65. The van der Waals surface area contributed by atoms with Crippen LogP contribution in [0.15, 0.2) is 24.4 Å². The molecule has 0 amide bonds. The van der Waals surface area contributed by atoms with Gasteiger partial charge in [0.1, 0.15) is 0 Å². The number of nitrogens with zero attached hydrogens (tertiary/aromatic N) is 2. The van der Waals surface area contributed by atoms with Crippen LogP contribution in [0.3, 0.4) is 0 Å². The molecule has 0 aliphatic heterocycles. The molecule has 1 heterocycles. The Balaban J connectivity index is 3.17. The summed E-state index contributed by atoms with van der Waals surface area (Å²) in [5.41, 5.74) is -0.535. The van der Waals surface area contributed by atoms with Crippen molar-refractivity contribution in [2.75, 3.05) is 0 Å². The summed E-state index contributed by atoms with van der Waals surface area (Å²) in [7, 11) is 0. The van der Waals surface area contributed by atoms with Gasteiger partial charge in [-0.2, -0.15) is 0 Å². The van der Waals surface area contributed by atoms with Gasteiger partial charge >= 0.3 is 89.0 Å². The predicted octanol–water partition coefficient (Wildman–Crippen LogP) is 1.14. The zero-order valence-electron chi connectivity index (χ0n) is 8.02. The normalized spacial score (nSPS) is 14.1. The van der Waals surface area contributed by atoms with E-state index in [2.05, 4.69) is 4.98 Å². The van der Waals surface area contributed by atoms with Gasteiger partial charge in [-0.1, -0.05) is 0 Å². The van der Waals surface area contributed by atoms with Crippen molar-refractivity contribution in [2.45, 2.75) is 18.2 Å². The van der Waals surface area contributed by atoms with Gasteiger partial charge in [0.2, 0.25) is 0 Å². The van der Waals surface area contributed by atoms with Crippen LogP contribution in [-0.4, -0.2) is 24.6 Å². The van der Waals surface area contributed by atoms with Crippen molar-refractivity contribution >= 4 is 19.6 Å². The Kier molecular flexibility index (Phi) is 3.40. The second kappa shape index (κ2) is 4.36. The molecule has 0 N–H and O–H groups in total. The molecule has 14 heavy (non-hydrogen) atoms. The number of aromatic nitrogens is 1. The number of hydrogen-bond donors (Lipinski definition) is 0. The van der Waals surface area contributed by atoms with E-state index in [-0.39, 0.29) is 19.6 Å². The SMILES string of the molecule is C[Se]C(=O)C(C)(C#N)c1ccccn1. The molecule has 1 rings (SSSR count). The maximum atomic E-state index is 11.6. The first kappa shape index (κ1) is 10.9. The van der Waals surface area contributed by atoms with Crippen molar-refractivity contribution in [1.82, 2.24) is 4.98 Å². The Bertz CT molecular complexity index is 371. The third-order valence-corrected chi connectivity index (χ3v) is 3.63. The summed E-state index contributed by atoms with van der Waals surface area (Å²) in [5, 5.41) is 9.04. The van der Waals surface area contributed by atoms with Crippen molar-refractivity contribution < 1.29 is 4.79 Å². The van der Waals surface area contributed by atoms with Gasteiger partial charge in [0, 0.05) is 0 Å². The van der Waals surface area contributed by atoms with Gasteiger partial charge in [-0.25, -0.2) is 0 Å². The number of rotatable bonds is 3. The molecular weight excluding hydrogens is 243 g/mol. The van der Waals surface area contributed by atoms with Gasteiger partial charge in [0.25, 0.3) is 0 Å². The standard InChI is InChI=1S/C10H10N2OSe/c1-10(7-11,9(13)14-2)8-5-3-4-6-12-8/h3-6H,1-2H3. The molecule has 1 aromatic rings. The molecular formula is C10H10N2OSe. The molecule has 0 spiro atoms. The molecule has 72 valence electrons. The van der Waals surface area contributed by atoms with Crippen LogP contribution in [0.25, 0.3) is 0 Å². The third-order valence-electron chi connectivity index (χ3n) is 1.99. The molecule has 1 atom stereocenters. The van der Waals surface area contributed by atoms with Crippen LogP contribution in [0, 0.1) is 11.3 Å². The number of nitriles is 1. The summed E-state index contributed by atoms with van der Waals surface area (Å²) >= 11 is -0.179. The van der Waals surface area contributed by atoms with Gasteiger partial charge in [-0.15, -0.1) is 0 Å². The second-order valence-corrected chi connectivity index (χ2v) is 4.58. The fraction of sp³-hybridized carbons (Fsp3) is 0.300. The van der Waals surface area contributed by atoms with Crippen molar-refractivity contribution in [3.8, 4) is 6.07 Å². The summed E-state index contributed by atoms with van der Waals surface area (Å²) in [5.74, 6) is 1.81. The monoisotopic (exact) mass is 254 g/mol. The fourth-order valence-corrected chi connectivity index (χ4v) is 2.24. The van der Waals surface area contributed by atoms with E-state index in [1.54, 1.807) is 31.3 Å². The van der Waals surface area contributed by atoms with E-state index in [4.69, 9.17) is 5.26 Å². The Labute approximate surface area is 89.3 Å². The first-order valence-electron chi connectivity index (χ1n) is 4.06. The molecule has 0 aromatic carbocycles. The number of carbonyl (C=O) groups is 1. The van der Waals surface area contributed by atoms with Gasteiger partial charge in [-0.05, 0) is 0 Å². The van der Waals surface area contributed by atoms with Crippen LogP contribution >= 0.6 is 0 Å². The summed E-state index contributed by atoms with van der Waals surface area (Å²) in [6, 6.07) is 7.32. The maximum absolute atomic E-state index is 11.6. The molecule has 0 saturated carbocycles. The van der Waals surface area contributed by atoms with Gasteiger partial charge < -0.3 is 0 Å². The third kappa shape index (κ3) is 1.84. The zero-order valence-corrected chi connectivity index (χ0v) is 9.73. The average Bonchev–Trinajstić information content (AvgIpc) is 2.28. The van der Waals surface area contributed by atoms with E-state index < -0.39 is 5.41 Å². The van der Waals surface area contributed by atoms with Gasteiger partial charge in [0.15, 0.2) is 0 Å². The minimum absolute atomic E-state index is 0.0359. The van der Waals surface area contributed by atoms with Crippen LogP contribution in [0.1, 0.15) is 12.6 Å². The molecule has 3 nitrogen and oxygen atoms in total. The Hall–Kier alpha value is -1.17. The predicted molar refractivity (Wildman–Crippen MR) is 53.8 cm³/mol. The molecule has 1 aromatic heterocycles. The van der Waals surface area contributed by atoms with Crippen molar-refractivity contribution in [3.05, 3.63) is 30.1 Å². The van der Waals surface area contributed by atoms with Crippen molar-refractivity contribution in [2.24, 2.45) is 0 Å². The topological polar surface area (TPSA) is 53.8 Å². The summed E-state index contributed by atoms with van der Waals surface area (Å²) in [4.78, 5) is 15.7. The number of pyridine rings is 1. The van der Waals surface area contributed by atoms with Crippen molar-refractivity contribution in [3.63, 3.8) is 0 Å². The molecule has 0 aliphatic rings. The molecule has 0 radical (unpaired) electrons. The second-order valence-electron chi connectivity index (χ2n) is 2.94. The molecule has 0 aliphatic carbocycles. The average molecular weight is 253 g/mol. The Morgan fingerprint density at radius 2 is 2.36 bits per heavy atom. The zero-order chi connectivity index (χ0) is 10.6. The summed E-state index contributed by atoms with van der Waals surface area (Å²) in [6.45, 7) is 1.63. The molecule has 0 fully saturated rings. The summed E-state index contributed by atoms with van der Waals surface area (Å²) < 4.78 is -0.0359. The van der Waals surface area contributed by atoms with Crippen LogP contribution in [0.5, 0.6) is 0 Å². The molecule has 0 bridgehead atoms. The molecule has 1 unspecified atom stereocenters. The minimum atomic E-state index is -1.07. The van der Waals surface area contributed by atoms with Crippen LogP contribution in [0.2, 0.25) is 5.82 Å². The quantitative estimate of drug-likeness (QED) is 0.759. The Morgan fingerprint density at radius 3 is 2.79 bits per heavy atom. The van der Waals surface area contributed by atoms with Gasteiger partial charge in [-0.3, -0.25) is 0 Å². The fourth-order valence-electron chi connectivity index (χ4n) is 1.07. The van der Waals surface area contributed by atoms with E-state index >= 15 is 0 Å². The van der Waals surface area contributed by atoms with Crippen LogP contribution in [0.4, 0.5) is 0 Å². The van der Waals surface area contributed by atoms with E-state index in [0.717, 1.165) is 0 Å². The number of carbonyl (C=O) groups excluding carboxylic acids is 1.